The monoisotopic (exact) mass is 278 g/mol. The summed E-state index contributed by atoms with van der Waals surface area (Å²) in [6.07, 6.45) is 9.10. The first-order valence-electron chi connectivity index (χ1n) is 7.68. The molecule has 2 N–H and O–H groups in total. The summed E-state index contributed by atoms with van der Waals surface area (Å²) in [6.45, 7) is 4.97. The van der Waals surface area contributed by atoms with Crippen LogP contribution in [0.2, 0.25) is 0 Å². The van der Waals surface area contributed by atoms with Crippen molar-refractivity contribution in [3.05, 3.63) is 18.5 Å². The van der Waals surface area contributed by atoms with Crippen molar-refractivity contribution in [2.45, 2.75) is 64.1 Å². The molecule has 1 aromatic heterocycles. The number of aromatic nitrogens is 2. The second kappa shape index (κ2) is 7.43. The fourth-order valence-electron chi connectivity index (χ4n) is 2.70. The van der Waals surface area contributed by atoms with E-state index >= 15 is 0 Å². The highest BCUT2D eigenvalue weighted by atomic mass is 16.1. The van der Waals surface area contributed by atoms with Gasteiger partial charge in [0.15, 0.2) is 0 Å². The van der Waals surface area contributed by atoms with Gasteiger partial charge >= 0.3 is 0 Å². The first-order valence-corrected chi connectivity index (χ1v) is 7.68. The number of hydrogen-bond acceptors (Lipinski definition) is 3. The van der Waals surface area contributed by atoms with Gasteiger partial charge in [-0.15, -0.1) is 0 Å². The molecule has 0 bridgehead atoms. The van der Waals surface area contributed by atoms with E-state index in [0.29, 0.717) is 19.0 Å². The maximum Gasteiger partial charge on any atom is 0.221 e. The molecule has 1 heterocycles. The Kier molecular flexibility index (Phi) is 5.59. The highest BCUT2D eigenvalue weighted by Gasteiger charge is 2.17. The van der Waals surface area contributed by atoms with Gasteiger partial charge in [-0.1, -0.05) is 12.8 Å². The fourth-order valence-corrected chi connectivity index (χ4v) is 2.70. The van der Waals surface area contributed by atoms with E-state index in [1.807, 2.05) is 16.9 Å². The molecule has 5 heteroatoms. The summed E-state index contributed by atoms with van der Waals surface area (Å²) >= 11 is 0. The molecule has 1 saturated carbocycles. The molecule has 0 saturated heterocycles. The summed E-state index contributed by atoms with van der Waals surface area (Å²) in [7, 11) is 0. The summed E-state index contributed by atoms with van der Waals surface area (Å²) < 4.78 is 1.94. The molecule has 1 aliphatic rings. The van der Waals surface area contributed by atoms with Gasteiger partial charge in [-0.2, -0.15) is 5.10 Å². The van der Waals surface area contributed by atoms with Gasteiger partial charge < -0.3 is 10.6 Å². The lowest BCUT2D eigenvalue weighted by molar-refractivity contribution is -0.121. The lowest BCUT2D eigenvalue weighted by Crippen LogP contribution is -2.38. The van der Waals surface area contributed by atoms with E-state index in [4.69, 9.17) is 0 Å². The van der Waals surface area contributed by atoms with Crippen molar-refractivity contribution in [3.63, 3.8) is 0 Å². The number of nitrogens with zero attached hydrogens (tertiary/aromatic N) is 2. The summed E-state index contributed by atoms with van der Waals surface area (Å²) in [5, 5.41) is 10.8. The van der Waals surface area contributed by atoms with Gasteiger partial charge in [0.05, 0.1) is 6.04 Å². The van der Waals surface area contributed by atoms with Crippen LogP contribution in [0.3, 0.4) is 0 Å². The summed E-state index contributed by atoms with van der Waals surface area (Å²) in [6, 6.07) is 2.91. The zero-order chi connectivity index (χ0) is 14.4. The quantitative estimate of drug-likeness (QED) is 0.800. The maximum absolute atomic E-state index is 11.8. The summed E-state index contributed by atoms with van der Waals surface area (Å²) in [4.78, 5) is 11.8. The third kappa shape index (κ3) is 4.34. The Bertz CT molecular complexity index is 398. The average Bonchev–Trinajstić information content (AvgIpc) is 3.10. The van der Waals surface area contributed by atoms with Crippen LogP contribution in [-0.4, -0.2) is 34.3 Å². The Hall–Kier alpha value is -1.36. The van der Waals surface area contributed by atoms with E-state index in [9.17, 15) is 4.79 Å². The Balaban J connectivity index is 1.63. The molecule has 5 nitrogen and oxygen atoms in total. The Morgan fingerprint density at radius 1 is 1.40 bits per heavy atom. The molecule has 2 atom stereocenters. The predicted octanol–water partition coefficient (Wildman–Crippen LogP) is 1.87. The van der Waals surface area contributed by atoms with Gasteiger partial charge in [0.1, 0.15) is 0 Å². The summed E-state index contributed by atoms with van der Waals surface area (Å²) in [5.41, 5.74) is 0. The second-order valence-electron chi connectivity index (χ2n) is 5.77. The van der Waals surface area contributed by atoms with E-state index < -0.39 is 0 Å². The third-order valence-electron chi connectivity index (χ3n) is 4.20. The molecule has 0 aliphatic heterocycles. The molecule has 1 aromatic rings. The van der Waals surface area contributed by atoms with Crippen molar-refractivity contribution in [1.82, 2.24) is 20.4 Å². The van der Waals surface area contributed by atoms with Gasteiger partial charge in [0, 0.05) is 37.4 Å². The highest BCUT2D eigenvalue weighted by Crippen LogP contribution is 2.17. The molecule has 0 radical (unpaired) electrons. The van der Waals surface area contributed by atoms with E-state index in [2.05, 4.69) is 29.6 Å². The van der Waals surface area contributed by atoms with E-state index in [1.165, 1.54) is 12.8 Å². The number of rotatable bonds is 7. The average molecular weight is 278 g/mol. The van der Waals surface area contributed by atoms with Gasteiger partial charge in [-0.25, -0.2) is 0 Å². The molecule has 0 aromatic carbocycles. The molecule has 20 heavy (non-hydrogen) atoms. The molecular weight excluding hydrogens is 252 g/mol. The van der Waals surface area contributed by atoms with Crippen LogP contribution < -0.4 is 10.6 Å². The molecule has 0 spiro atoms. The minimum absolute atomic E-state index is 0.170. The Morgan fingerprint density at radius 2 is 2.15 bits per heavy atom. The number of carbonyl (C=O) groups excluding carboxylic acids is 1. The maximum atomic E-state index is 11.8. The summed E-state index contributed by atoms with van der Waals surface area (Å²) in [5.74, 6) is 0.170. The van der Waals surface area contributed by atoms with E-state index in [1.54, 1.807) is 6.20 Å². The van der Waals surface area contributed by atoms with Crippen LogP contribution in [-0.2, 0) is 4.79 Å². The molecule has 1 fully saturated rings. The zero-order valence-electron chi connectivity index (χ0n) is 12.5. The largest absolute Gasteiger partial charge is 0.353 e. The van der Waals surface area contributed by atoms with Crippen LogP contribution in [0.5, 0.6) is 0 Å². The van der Waals surface area contributed by atoms with Gasteiger partial charge in [-0.05, 0) is 32.8 Å². The second-order valence-corrected chi connectivity index (χ2v) is 5.77. The first kappa shape index (κ1) is 15.0. The van der Waals surface area contributed by atoms with Crippen molar-refractivity contribution in [2.75, 3.05) is 6.54 Å². The van der Waals surface area contributed by atoms with Crippen LogP contribution in [0.15, 0.2) is 18.5 Å². The van der Waals surface area contributed by atoms with Crippen LogP contribution in [0, 0.1) is 0 Å². The van der Waals surface area contributed by atoms with Crippen LogP contribution in [0.1, 0.15) is 52.0 Å². The zero-order valence-corrected chi connectivity index (χ0v) is 12.5. The van der Waals surface area contributed by atoms with Crippen LogP contribution >= 0.6 is 0 Å². The molecule has 112 valence electrons. The van der Waals surface area contributed by atoms with Crippen molar-refractivity contribution in [1.29, 1.82) is 0 Å². The molecule has 1 aliphatic carbocycles. The standard InChI is InChI=1S/C15H26N4O/c1-12(13(2)19-11-5-9-17-19)16-10-8-15(20)18-14-6-3-4-7-14/h5,9,11-14,16H,3-4,6-8,10H2,1-2H3,(H,18,20). The third-order valence-corrected chi connectivity index (χ3v) is 4.20. The van der Waals surface area contributed by atoms with Crippen molar-refractivity contribution < 1.29 is 4.79 Å². The van der Waals surface area contributed by atoms with Crippen molar-refractivity contribution in [3.8, 4) is 0 Å². The lowest BCUT2D eigenvalue weighted by Gasteiger charge is -2.22. The van der Waals surface area contributed by atoms with Gasteiger partial charge in [0.2, 0.25) is 5.91 Å². The SMILES string of the molecule is CC(NCCC(=O)NC1CCCC1)C(C)n1cccn1. The smallest absolute Gasteiger partial charge is 0.221 e. The Morgan fingerprint density at radius 3 is 2.80 bits per heavy atom. The van der Waals surface area contributed by atoms with E-state index in [-0.39, 0.29) is 18.0 Å². The highest BCUT2D eigenvalue weighted by molar-refractivity contribution is 5.76. The minimum Gasteiger partial charge on any atom is -0.353 e. The van der Waals surface area contributed by atoms with Gasteiger partial charge in [0.25, 0.3) is 0 Å². The molecular formula is C15H26N4O. The molecule has 2 unspecified atom stereocenters. The first-order chi connectivity index (χ1) is 9.66. The van der Waals surface area contributed by atoms with E-state index in [0.717, 1.165) is 12.8 Å². The van der Waals surface area contributed by atoms with Gasteiger partial charge in [-0.3, -0.25) is 9.48 Å². The number of nitrogens with one attached hydrogen (secondary N) is 2. The fraction of sp³-hybridized carbons (Fsp3) is 0.733. The minimum atomic E-state index is 0.170. The van der Waals surface area contributed by atoms with Crippen molar-refractivity contribution in [2.24, 2.45) is 0 Å². The predicted molar refractivity (Wildman–Crippen MR) is 79.4 cm³/mol. The molecule has 1 amide bonds. The Labute approximate surface area is 121 Å². The number of amides is 1. The number of carbonyl (C=O) groups is 1. The lowest BCUT2D eigenvalue weighted by atomic mass is 10.1. The van der Waals surface area contributed by atoms with Crippen LogP contribution in [0.4, 0.5) is 0 Å². The number of hydrogen-bond donors (Lipinski definition) is 2. The van der Waals surface area contributed by atoms with Crippen LogP contribution in [0.25, 0.3) is 0 Å². The molecule has 2 rings (SSSR count). The topological polar surface area (TPSA) is 59.0 Å². The van der Waals surface area contributed by atoms with Crippen molar-refractivity contribution >= 4 is 5.91 Å². The normalized spacial score (nSPS) is 18.9.